The maximum atomic E-state index is 10.7. The number of carbonyl (C=O) groups excluding carboxylic acids is 1. The first-order chi connectivity index (χ1) is 7.61. The van der Waals surface area contributed by atoms with Crippen LogP contribution in [0.5, 0.6) is 0 Å². The summed E-state index contributed by atoms with van der Waals surface area (Å²) >= 11 is 7.32. The second kappa shape index (κ2) is 6.61. The van der Waals surface area contributed by atoms with Crippen molar-refractivity contribution in [3.8, 4) is 0 Å². The van der Waals surface area contributed by atoms with Gasteiger partial charge in [-0.1, -0.05) is 41.6 Å². The third-order valence-electron chi connectivity index (χ3n) is 1.96. The number of allylic oxidation sites excluding steroid dienone is 1. The molecule has 0 heterocycles. The van der Waals surface area contributed by atoms with Crippen LogP contribution >= 0.6 is 23.4 Å². The van der Waals surface area contributed by atoms with E-state index in [9.17, 15) is 4.79 Å². The van der Waals surface area contributed by atoms with Crippen LogP contribution in [-0.4, -0.2) is 10.9 Å². The Morgan fingerprint density at radius 1 is 1.56 bits per heavy atom. The summed E-state index contributed by atoms with van der Waals surface area (Å²) in [7, 11) is 0. The fourth-order valence-electron chi connectivity index (χ4n) is 1.20. The molecule has 2 nitrogen and oxygen atoms in total. The highest BCUT2D eigenvalue weighted by Gasteiger charge is 1.99. The Labute approximate surface area is 105 Å². The summed E-state index contributed by atoms with van der Waals surface area (Å²) in [6.07, 6.45) is 4.71. The van der Waals surface area contributed by atoms with E-state index >= 15 is 0 Å². The molecule has 4 heteroatoms. The maximum Gasteiger partial charge on any atom is 0.185 e. The summed E-state index contributed by atoms with van der Waals surface area (Å²) in [6, 6.07) is 5.44. The zero-order valence-electron chi connectivity index (χ0n) is 9.07. The number of hydrogen-bond acceptors (Lipinski definition) is 3. The van der Waals surface area contributed by atoms with E-state index in [0.29, 0.717) is 10.7 Å². The van der Waals surface area contributed by atoms with Gasteiger partial charge in [-0.3, -0.25) is 4.79 Å². The highest BCUT2D eigenvalue weighted by molar-refractivity contribution is 8.13. The van der Waals surface area contributed by atoms with Crippen LogP contribution in [0.1, 0.15) is 18.9 Å². The zero-order valence-corrected chi connectivity index (χ0v) is 10.6. The molecule has 0 aliphatic carbocycles. The molecule has 0 atom stereocenters. The van der Waals surface area contributed by atoms with E-state index in [2.05, 4.69) is 0 Å². The quantitative estimate of drug-likeness (QED) is 0.660. The monoisotopic (exact) mass is 255 g/mol. The van der Waals surface area contributed by atoms with Crippen molar-refractivity contribution in [2.75, 3.05) is 11.5 Å². The summed E-state index contributed by atoms with van der Waals surface area (Å²) in [5, 5.41) is 0.793. The second-order valence-corrected chi connectivity index (χ2v) is 4.95. The molecule has 0 saturated carbocycles. The zero-order chi connectivity index (χ0) is 12.0. The Balaban J connectivity index is 2.53. The van der Waals surface area contributed by atoms with Gasteiger partial charge in [0, 0.05) is 29.0 Å². The van der Waals surface area contributed by atoms with Gasteiger partial charge in [-0.25, -0.2) is 0 Å². The SMILES string of the molecule is CC(=O)SCCC=Cc1c(N)cccc1Cl. The molecule has 1 rings (SSSR count). The average Bonchev–Trinajstić information content (AvgIpc) is 2.21. The molecule has 1 aromatic rings. The lowest BCUT2D eigenvalue weighted by atomic mass is 10.1. The molecule has 0 bridgehead atoms. The number of anilines is 1. The fourth-order valence-corrected chi connectivity index (χ4v) is 1.99. The largest absolute Gasteiger partial charge is 0.398 e. The van der Waals surface area contributed by atoms with E-state index in [1.54, 1.807) is 6.92 Å². The lowest BCUT2D eigenvalue weighted by molar-refractivity contribution is -0.109. The van der Waals surface area contributed by atoms with E-state index in [1.807, 2.05) is 30.4 Å². The molecule has 86 valence electrons. The molecule has 0 unspecified atom stereocenters. The van der Waals surface area contributed by atoms with Crippen LogP contribution in [0, 0.1) is 0 Å². The minimum Gasteiger partial charge on any atom is -0.398 e. The highest BCUT2D eigenvalue weighted by Crippen LogP contribution is 2.23. The Bertz CT molecular complexity index is 384. The maximum absolute atomic E-state index is 10.7. The van der Waals surface area contributed by atoms with Crippen molar-refractivity contribution >= 4 is 40.2 Å². The van der Waals surface area contributed by atoms with Crippen LogP contribution in [0.3, 0.4) is 0 Å². The van der Waals surface area contributed by atoms with Gasteiger partial charge in [0.1, 0.15) is 0 Å². The van der Waals surface area contributed by atoms with Crippen molar-refractivity contribution in [1.29, 1.82) is 0 Å². The molecule has 0 aromatic heterocycles. The molecule has 0 fully saturated rings. The fraction of sp³-hybridized carbons (Fsp3) is 0.250. The van der Waals surface area contributed by atoms with Crippen LogP contribution in [0.4, 0.5) is 5.69 Å². The van der Waals surface area contributed by atoms with Gasteiger partial charge in [-0.2, -0.15) is 0 Å². The molecule has 0 spiro atoms. The summed E-state index contributed by atoms with van der Waals surface area (Å²) in [5.74, 6) is 0.788. The third kappa shape index (κ3) is 4.29. The molecule has 0 radical (unpaired) electrons. The number of halogens is 1. The molecule has 1 aromatic carbocycles. The minimum absolute atomic E-state index is 0.144. The molecular weight excluding hydrogens is 242 g/mol. The molecule has 0 saturated heterocycles. The number of hydrogen-bond donors (Lipinski definition) is 1. The number of benzene rings is 1. The van der Waals surface area contributed by atoms with Crippen molar-refractivity contribution in [2.24, 2.45) is 0 Å². The Morgan fingerprint density at radius 2 is 2.31 bits per heavy atom. The van der Waals surface area contributed by atoms with Crippen molar-refractivity contribution in [2.45, 2.75) is 13.3 Å². The van der Waals surface area contributed by atoms with E-state index in [4.69, 9.17) is 17.3 Å². The molecule has 0 aliphatic rings. The molecule has 0 aliphatic heterocycles. The number of thioether (sulfide) groups is 1. The molecule has 16 heavy (non-hydrogen) atoms. The van der Waals surface area contributed by atoms with E-state index in [1.165, 1.54) is 11.8 Å². The van der Waals surface area contributed by atoms with Crippen molar-refractivity contribution in [3.63, 3.8) is 0 Å². The molecule has 2 N–H and O–H groups in total. The van der Waals surface area contributed by atoms with E-state index in [0.717, 1.165) is 17.7 Å². The predicted octanol–water partition coefficient (Wildman–Crippen LogP) is 3.61. The Kier molecular flexibility index (Phi) is 5.43. The molecular formula is C12H14ClNOS. The lowest BCUT2D eigenvalue weighted by Crippen LogP contribution is -1.89. The number of carbonyl (C=O) groups is 1. The Hall–Kier alpha value is -0.930. The van der Waals surface area contributed by atoms with Crippen molar-refractivity contribution in [3.05, 3.63) is 34.9 Å². The smallest absolute Gasteiger partial charge is 0.185 e. The van der Waals surface area contributed by atoms with Crippen LogP contribution in [0.15, 0.2) is 24.3 Å². The van der Waals surface area contributed by atoms with Gasteiger partial charge in [0.2, 0.25) is 0 Å². The van der Waals surface area contributed by atoms with E-state index < -0.39 is 0 Å². The van der Waals surface area contributed by atoms with Crippen LogP contribution < -0.4 is 5.73 Å². The van der Waals surface area contributed by atoms with Gasteiger partial charge >= 0.3 is 0 Å². The van der Waals surface area contributed by atoms with Crippen LogP contribution in [0.25, 0.3) is 6.08 Å². The number of rotatable bonds is 4. The highest BCUT2D eigenvalue weighted by atomic mass is 35.5. The first kappa shape index (κ1) is 13.1. The standard InChI is InChI=1S/C12H14ClNOS/c1-9(15)16-8-3-2-5-10-11(13)6-4-7-12(10)14/h2,4-7H,3,8,14H2,1H3. The van der Waals surface area contributed by atoms with Crippen LogP contribution in [0.2, 0.25) is 5.02 Å². The average molecular weight is 256 g/mol. The van der Waals surface area contributed by atoms with Gasteiger partial charge in [0.15, 0.2) is 5.12 Å². The van der Waals surface area contributed by atoms with Gasteiger partial charge < -0.3 is 5.73 Å². The topological polar surface area (TPSA) is 43.1 Å². The second-order valence-electron chi connectivity index (χ2n) is 3.27. The minimum atomic E-state index is 0.144. The number of nitrogen functional groups attached to an aromatic ring is 1. The van der Waals surface area contributed by atoms with Gasteiger partial charge in [-0.05, 0) is 18.6 Å². The normalized spacial score (nSPS) is 10.9. The first-order valence-corrected chi connectivity index (χ1v) is 6.31. The number of nitrogens with two attached hydrogens (primary N) is 1. The third-order valence-corrected chi connectivity index (χ3v) is 3.14. The molecule has 0 amide bonds. The lowest BCUT2D eigenvalue weighted by Gasteiger charge is -2.02. The van der Waals surface area contributed by atoms with Crippen LogP contribution in [-0.2, 0) is 4.79 Å². The Morgan fingerprint density at radius 3 is 2.94 bits per heavy atom. The van der Waals surface area contributed by atoms with Gasteiger partial charge in [0.25, 0.3) is 0 Å². The summed E-state index contributed by atoms with van der Waals surface area (Å²) in [6.45, 7) is 1.57. The predicted molar refractivity (Wildman–Crippen MR) is 72.7 cm³/mol. The summed E-state index contributed by atoms with van der Waals surface area (Å²) in [5.41, 5.74) is 7.30. The van der Waals surface area contributed by atoms with Crippen molar-refractivity contribution < 1.29 is 4.79 Å². The van der Waals surface area contributed by atoms with Gasteiger partial charge in [-0.15, -0.1) is 0 Å². The first-order valence-electron chi connectivity index (χ1n) is 4.95. The summed E-state index contributed by atoms with van der Waals surface area (Å²) in [4.78, 5) is 10.7. The summed E-state index contributed by atoms with van der Waals surface area (Å²) < 4.78 is 0. The van der Waals surface area contributed by atoms with Crippen molar-refractivity contribution in [1.82, 2.24) is 0 Å². The van der Waals surface area contributed by atoms with Gasteiger partial charge in [0.05, 0.1) is 0 Å². The van der Waals surface area contributed by atoms with E-state index in [-0.39, 0.29) is 5.12 Å².